The standard InChI is InChI=1S/C25H28O4/c1-15-9-12-19-18(13-15)22-20(29-25(19,2)3)14-17(21(23(22)26)24(27)28)11-10-16-7-5-4-6-8-16/h4-8,13-14,18-19,26H,9-12H2,1-3H3,(H,27,28)/t18-,19+/m1/s1. The van der Waals surface area contributed by atoms with Crippen molar-refractivity contribution in [3.05, 3.63) is 70.3 Å². The lowest BCUT2D eigenvalue weighted by Gasteiger charge is -2.46. The molecular formula is C25H28O4. The molecule has 0 saturated heterocycles. The first-order valence-corrected chi connectivity index (χ1v) is 10.3. The van der Waals surface area contributed by atoms with Crippen molar-refractivity contribution in [1.82, 2.24) is 0 Å². The van der Waals surface area contributed by atoms with Crippen molar-refractivity contribution in [3.8, 4) is 11.5 Å². The molecule has 0 spiro atoms. The van der Waals surface area contributed by atoms with Gasteiger partial charge >= 0.3 is 5.97 Å². The first-order valence-electron chi connectivity index (χ1n) is 10.3. The summed E-state index contributed by atoms with van der Waals surface area (Å²) < 4.78 is 6.35. The van der Waals surface area contributed by atoms with Gasteiger partial charge in [-0.2, -0.15) is 0 Å². The molecule has 152 valence electrons. The lowest BCUT2D eigenvalue weighted by molar-refractivity contribution is 0.0106. The van der Waals surface area contributed by atoms with Crippen LogP contribution < -0.4 is 4.74 Å². The number of benzene rings is 2. The van der Waals surface area contributed by atoms with Crippen molar-refractivity contribution >= 4 is 5.97 Å². The van der Waals surface area contributed by atoms with Crippen LogP contribution >= 0.6 is 0 Å². The fraction of sp³-hybridized carbons (Fsp3) is 0.400. The Hall–Kier alpha value is -2.75. The van der Waals surface area contributed by atoms with E-state index in [9.17, 15) is 15.0 Å². The zero-order valence-electron chi connectivity index (χ0n) is 17.2. The summed E-state index contributed by atoms with van der Waals surface area (Å²) in [5, 5.41) is 21.0. The van der Waals surface area contributed by atoms with Gasteiger partial charge in [-0.05, 0) is 63.6 Å². The van der Waals surface area contributed by atoms with E-state index in [1.807, 2.05) is 36.4 Å². The third kappa shape index (κ3) is 3.52. The fourth-order valence-corrected chi connectivity index (χ4v) is 4.97. The number of carboxylic acid groups (broad SMARTS) is 1. The van der Waals surface area contributed by atoms with E-state index in [0.29, 0.717) is 29.7 Å². The smallest absolute Gasteiger partial charge is 0.339 e. The molecule has 2 N–H and O–H groups in total. The Morgan fingerprint density at radius 3 is 2.62 bits per heavy atom. The lowest BCUT2D eigenvalue weighted by atomic mass is 9.67. The quantitative estimate of drug-likeness (QED) is 0.676. The maximum atomic E-state index is 12.1. The average molecular weight is 392 g/mol. The molecule has 0 bridgehead atoms. The molecule has 4 rings (SSSR count). The fourth-order valence-electron chi connectivity index (χ4n) is 4.97. The van der Waals surface area contributed by atoms with Gasteiger partial charge in [0.15, 0.2) is 0 Å². The predicted octanol–water partition coefficient (Wildman–Crippen LogP) is 5.49. The number of aromatic hydroxyl groups is 1. The van der Waals surface area contributed by atoms with Crippen LogP contribution in [-0.2, 0) is 12.8 Å². The van der Waals surface area contributed by atoms with Crippen LogP contribution in [-0.4, -0.2) is 21.8 Å². The van der Waals surface area contributed by atoms with Gasteiger partial charge in [-0.3, -0.25) is 0 Å². The Balaban J connectivity index is 1.81. The Bertz CT molecular complexity index is 972. The minimum atomic E-state index is -1.09. The van der Waals surface area contributed by atoms with Gasteiger partial charge in [-0.25, -0.2) is 4.79 Å². The third-order valence-electron chi connectivity index (χ3n) is 6.47. The van der Waals surface area contributed by atoms with E-state index in [1.165, 1.54) is 5.57 Å². The predicted molar refractivity (Wildman–Crippen MR) is 113 cm³/mol. The number of fused-ring (bicyclic) bond motifs is 3. The van der Waals surface area contributed by atoms with E-state index in [4.69, 9.17) is 4.74 Å². The summed E-state index contributed by atoms with van der Waals surface area (Å²) in [5.74, 6) is -0.418. The highest BCUT2D eigenvalue weighted by molar-refractivity contribution is 5.94. The van der Waals surface area contributed by atoms with Gasteiger partial charge < -0.3 is 14.9 Å². The molecule has 2 atom stereocenters. The van der Waals surface area contributed by atoms with Crippen LogP contribution in [0, 0.1) is 5.92 Å². The number of aromatic carboxylic acids is 1. The Labute approximate surface area is 171 Å². The molecule has 1 heterocycles. The molecule has 0 unspecified atom stereocenters. The topological polar surface area (TPSA) is 66.8 Å². The molecule has 0 radical (unpaired) electrons. The van der Waals surface area contributed by atoms with Crippen molar-refractivity contribution in [2.24, 2.45) is 5.92 Å². The number of rotatable bonds is 4. The van der Waals surface area contributed by atoms with Gasteiger partial charge in [-0.15, -0.1) is 0 Å². The Morgan fingerprint density at radius 1 is 1.21 bits per heavy atom. The van der Waals surface area contributed by atoms with Crippen LogP contribution in [0.5, 0.6) is 11.5 Å². The van der Waals surface area contributed by atoms with Crippen LogP contribution in [0.2, 0.25) is 0 Å². The number of hydrogen-bond donors (Lipinski definition) is 2. The van der Waals surface area contributed by atoms with Crippen molar-refractivity contribution in [3.63, 3.8) is 0 Å². The lowest BCUT2D eigenvalue weighted by Crippen LogP contribution is -2.45. The van der Waals surface area contributed by atoms with Crippen molar-refractivity contribution in [2.45, 2.75) is 58.0 Å². The van der Waals surface area contributed by atoms with Crippen LogP contribution in [0.1, 0.15) is 66.6 Å². The zero-order valence-corrected chi connectivity index (χ0v) is 17.2. The van der Waals surface area contributed by atoms with E-state index in [1.54, 1.807) is 0 Å². The number of ether oxygens (including phenoxy) is 1. The number of carboxylic acids is 1. The first-order chi connectivity index (χ1) is 13.8. The normalized spacial score (nSPS) is 22.1. The number of aryl methyl sites for hydroxylation is 2. The summed E-state index contributed by atoms with van der Waals surface area (Å²) in [4.78, 5) is 12.1. The monoisotopic (exact) mass is 392 g/mol. The van der Waals surface area contributed by atoms with E-state index >= 15 is 0 Å². The van der Waals surface area contributed by atoms with Crippen molar-refractivity contribution in [2.75, 3.05) is 0 Å². The van der Waals surface area contributed by atoms with Crippen LogP contribution in [0.25, 0.3) is 0 Å². The minimum absolute atomic E-state index is 0.0124. The van der Waals surface area contributed by atoms with Gasteiger partial charge in [0.05, 0.1) is 0 Å². The van der Waals surface area contributed by atoms with Gasteiger partial charge in [0.2, 0.25) is 0 Å². The molecule has 4 heteroatoms. The SMILES string of the molecule is CC1=C[C@H]2c3c(cc(CCc4ccccc4)c(C(=O)O)c3O)OC(C)(C)[C@H]2CC1. The number of carbonyl (C=O) groups is 1. The van der Waals surface area contributed by atoms with Gasteiger partial charge in [-0.1, -0.05) is 42.0 Å². The second-order valence-electron chi connectivity index (χ2n) is 8.85. The minimum Gasteiger partial charge on any atom is -0.507 e. The number of phenols is 1. The number of hydrogen-bond acceptors (Lipinski definition) is 3. The third-order valence-corrected chi connectivity index (χ3v) is 6.47. The van der Waals surface area contributed by atoms with E-state index in [0.717, 1.165) is 18.4 Å². The van der Waals surface area contributed by atoms with Crippen molar-refractivity contribution < 1.29 is 19.7 Å². The average Bonchev–Trinajstić information content (AvgIpc) is 2.65. The van der Waals surface area contributed by atoms with Gasteiger partial charge in [0.25, 0.3) is 0 Å². The molecule has 0 aromatic heterocycles. The summed E-state index contributed by atoms with van der Waals surface area (Å²) >= 11 is 0. The van der Waals surface area contributed by atoms with E-state index in [2.05, 4.69) is 26.8 Å². The molecule has 29 heavy (non-hydrogen) atoms. The highest BCUT2D eigenvalue weighted by Gasteiger charge is 2.46. The van der Waals surface area contributed by atoms with Crippen LogP contribution in [0.15, 0.2) is 48.0 Å². The second-order valence-corrected chi connectivity index (χ2v) is 8.85. The van der Waals surface area contributed by atoms with E-state index in [-0.39, 0.29) is 28.7 Å². The van der Waals surface area contributed by atoms with E-state index < -0.39 is 5.97 Å². The highest BCUT2D eigenvalue weighted by Crippen LogP contribution is 2.54. The highest BCUT2D eigenvalue weighted by atomic mass is 16.5. The molecular weight excluding hydrogens is 364 g/mol. The summed E-state index contributed by atoms with van der Waals surface area (Å²) in [6.45, 7) is 6.28. The molecule has 0 saturated carbocycles. The Kier molecular flexibility index (Phi) is 4.89. The van der Waals surface area contributed by atoms with Crippen LogP contribution in [0.3, 0.4) is 0 Å². The molecule has 0 amide bonds. The molecule has 2 aromatic carbocycles. The summed E-state index contributed by atoms with van der Waals surface area (Å²) in [5.41, 5.74) is 3.30. The number of allylic oxidation sites excluding steroid dienone is 2. The summed E-state index contributed by atoms with van der Waals surface area (Å²) in [6.07, 6.45) is 5.39. The maximum Gasteiger partial charge on any atom is 0.339 e. The second kappa shape index (κ2) is 7.25. The van der Waals surface area contributed by atoms with Gasteiger partial charge in [0, 0.05) is 17.4 Å². The zero-order chi connectivity index (χ0) is 20.8. The largest absolute Gasteiger partial charge is 0.507 e. The summed E-state index contributed by atoms with van der Waals surface area (Å²) in [7, 11) is 0. The molecule has 2 aliphatic rings. The Morgan fingerprint density at radius 2 is 1.93 bits per heavy atom. The van der Waals surface area contributed by atoms with Crippen molar-refractivity contribution in [1.29, 1.82) is 0 Å². The molecule has 1 aliphatic heterocycles. The van der Waals surface area contributed by atoms with Gasteiger partial charge in [0.1, 0.15) is 22.7 Å². The molecule has 1 aliphatic carbocycles. The molecule has 0 fully saturated rings. The first kappa shape index (κ1) is 19.6. The maximum absolute atomic E-state index is 12.1. The van der Waals surface area contributed by atoms with Crippen LogP contribution in [0.4, 0.5) is 0 Å². The molecule has 4 nitrogen and oxygen atoms in total. The summed E-state index contributed by atoms with van der Waals surface area (Å²) in [6, 6.07) is 11.8. The molecule has 2 aromatic rings.